The van der Waals surface area contributed by atoms with Crippen LogP contribution in [0, 0.1) is 0 Å². The Balaban J connectivity index is 1.23. The van der Waals surface area contributed by atoms with E-state index in [1.54, 1.807) is 6.92 Å². The standard InChI is InChI=1S/C40H44N4O4S/c1-25(2)48-34-17-15-29(16-18-34)28-11-13-30(14-12-28)32-22-42-37(43-23-32)31-9-7-27(8-10-31)21-33(24-41-26(3)39(46)47)44-38(45)35-19-20-36(49-35)40(4,5)6/h7-20,22-23,25-26,33,41H,21,24H2,1-6H3,(H,44,45)(H,46,47)/t26-,33+/m1/s1. The lowest BCUT2D eigenvalue weighted by atomic mass is 9.95. The van der Waals surface area contributed by atoms with E-state index in [2.05, 4.69) is 77.8 Å². The van der Waals surface area contributed by atoms with E-state index >= 15 is 0 Å². The summed E-state index contributed by atoms with van der Waals surface area (Å²) in [6, 6.07) is 27.2. The van der Waals surface area contributed by atoms with Crippen LogP contribution in [0.5, 0.6) is 5.75 Å². The van der Waals surface area contributed by atoms with Crippen molar-refractivity contribution in [3.63, 3.8) is 0 Å². The van der Waals surface area contributed by atoms with Crippen LogP contribution in [0.4, 0.5) is 0 Å². The molecule has 0 unspecified atom stereocenters. The lowest BCUT2D eigenvalue weighted by molar-refractivity contribution is -0.139. The Labute approximate surface area is 292 Å². The topological polar surface area (TPSA) is 113 Å². The van der Waals surface area contributed by atoms with E-state index in [9.17, 15) is 14.7 Å². The number of carbonyl (C=O) groups is 2. The second kappa shape index (κ2) is 15.6. The molecule has 2 atom stereocenters. The summed E-state index contributed by atoms with van der Waals surface area (Å²) in [6.45, 7) is 12.3. The van der Waals surface area contributed by atoms with Crippen LogP contribution < -0.4 is 15.4 Å². The number of thiophene rings is 1. The second-order valence-electron chi connectivity index (χ2n) is 13.5. The number of hydrogen-bond donors (Lipinski definition) is 3. The summed E-state index contributed by atoms with van der Waals surface area (Å²) < 4.78 is 5.76. The zero-order valence-corrected chi connectivity index (χ0v) is 29.7. The lowest BCUT2D eigenvalue weighted by Gasteiger charge is -2.21. The van der Waals surface area contributed by atoms with E-state index in [1.165, 1.54) is 11.3 Å². The van der Waals surface area contributed by atoms with Crippen molar-refractivity contribution in [1.29, 1.82) is 0 Å². The molecule has 0 fully saturated rings. The summed E-state index contributed by atoms with van der Waals surface area (Å²) in [6.07, 6.45) is 4.33. The number of aromatic nitrogens is 2. The Morgan fingerprint density at radius 3 is 1.86 bits per heavy atom. The molecule has 0 radical (unpaired) electrons. The molecule has 0 saturated carbocycles. The van der Waals surface area contributed by atoms with Crippen molar-refractivity contribution in [2.75, 3.05) is 6.54 Å². The van der Waals surface area contributed by atoms with Gasteiger partial charge in [0.05, 0.1) is 11.0 Å². The van der Waals surface area contributed by atoms with Crippen molar-refractivity contribution in [2.24, 2.45) is 0 Å². The third-order valence-electron chi connectivity index (χ3n) is 8.07. The molecule has 0 saturated heterocycles. The highest BCUT2D eigenvalue weighted by Crippen LogP contribution is 2.30. The molecule has 2 heterocycles. The van der Waals surface area contributed by atoms with Gasteiger partial charge in [0, 0.05) is 41.0 Å². The molecule has 49 heavy (non-hydrogen) atoms. The first-order valence-corrected chi connectivity index (χ1v) is 17.3. The first kappa shape index (κ1) is 35.4. The number of nitrogens with one attached hydrogen (secondary N) is 2. The highest BCUT2D eigenvalue weighted by Gasteiger charge is 2.22. The van der Waals surface area contributed by atoms with Crippen LogP contribution in [0.1, 0.15) is 61.7 Å². The number of hydrogen-bond acceptors (Lipinski definition) is 7. The Morgan fingerprint density at radius 2 is 1.33 bits per heavy atom. The first-order valence-electron chi connectivity index (χ1n) is 16.5. The normalized spacial score (nSPS) is 12.8. The number of rotatable bonds is 13. The molecule has 5 aromatic rings. The molecule has 0 aliphatic carbocycles. The molecule has 0 aliphatic heterocycles. The van der Waals surface area contributed by atoms with E-state index in [1.807, 2.05) is 74.8 Å². The minimum Gasteiger partial charge on any atom is -0.491 e. The van der Waals surface area contributed by atoms with Crippen LogP contribution in [0.3, 0.4) is 0 Å². The van der Waals surface area contributed by atoms with Gasteiger partial charge in [-0.2, -0.15) is 0 Å². The van der Waals surface area contributed by atoms with Crippen LogP contribution in [0.15, 0.2) is 97.3 Å². The van der Waals surface area contributed by atoms with Gasteiger partial charge in [0.1, 0.15) is 11.8 Å². The molecule has 9 heteroatoms. The number of carboxylic acid groups (broad SMARTS) is 1. The predicted molar refractivity (Wildman–Crippen MR) is 197 cm³/mol. The number of carboxylic acids is 1. The fourth-order valence-electron chi connectivity index (χ4n) is 5.25. The largest absolute Gasteiger partial charge is 0.491 e. The van der Waals surface area contributed by atoms with Crippen molar-refractivity contribution in [1.82, 2.24) is 20.6 Å². The molecule has 2 aromatic heterocycles. The molecule has 5 rings (SSSR count). The third kappa shape index (κ3) is 9.62. The van der Waals surface area contributed by atoms with Gasteiger partial charge >= 0.3 is 5.97 Å². The van der Waals surface area contributed by atoms with Crippen LogP contribution >= 0.6 is 11.3 Å². The summed E-state index contributed by atoms with van der Waals surface area (Å²) in [5, 5.41) is 15.5. The quantitative estimate of drug-likeness (QED) is 0.116. The Bertz CT molecular complexity index is 1840. The highest BCUT2D eigenvalue weighted by molar-refractivity contribution is 7.14. The maximum absolute atomic E-state index is 13.2. The van der Waals surface area contributed by atoms with E-state index < -0.39 is 12.0 Å². The Hall–Kier alpha value is -4.86. The number of aliphatic carboxylic acids is 1. The van der Waals surface area contributed by atoms with E-state index in [-0.39, 0.29) is 23.5 Å². The number of amides is 1. The van der Waals surface area contributed by atoms with E-state index in [0.717, 1.165) is 44.0 Å². The summed E-state index contributed by atoms with van der Waals surface area (Å²) in [7, 11) is 0. The van der Waals surface area contributed by atoms with Gasteiger partial charge in [-0.25, -0.2) is 9.97 Å². The van der Waals surface area contributed by atoms with Crippen molar-refractivity contribution < 1.29 is 19.4 Å². The van der Waals surface area contributed by atoms with Gasteiger partial charge in [0.2, 0.25) is 0 Å². The first-order chi connectivity index (χ1) is 23.4. The summed E-state index contributed by atoms with van der Waals surface area (Å²) in [5.41, 5.74) is 6.02. The van der Waals surface area contributed by atoms with Crippen LogP contribution in [-0.4, -0.2) is 51.7 Å². The van der Waals surface area contributed by atoms with Gasteiger partial charge in [-0.3, -0.25) is 9.59 Å². The number of nitrogens with zero attached hydrogens (tertiary/aromatic N) is 2. The highest BCUT2D eigenvalue weighted by atomic mass is 32.1. The summed E-state index contributed by atoms with van der Waals surface area (Å²) >= 11 is 1.48. The molecule has 8 nitrogen and oxygen atoms in total. The zero-order chi connectivity index (χ0) is 35.1. The molecule has 254 valence electrons. The Morgan fingerprint density at radius 1 is 0.776 bits per heavy atom. The van der Waals surface area contributed by atoms with Gasteiger partial charge in [0.25, 0.3) is 5.91 Å². The van der Waals surface area contributed by atoms with Crippen molar-refractivity contribution in [3.8, 4) is 39.4 Å². The van der Waals surface area contributed by atoms with Crippen LogP contribution in [0.2, 0.25) is 0 Å². The van der Waals surface area contributed by atoms with Gasteiger partial charge in [-0.15, -0.1) is 11.3 Å². The fourth-order valence-corrected chi connectivity index (χ4v) is 6.22. The Kier molecular flexibility index (Phi) is 11.3. The molecular weight excluding hydrogens is 633 g/mol. The van der Waals surface area contributed by atoms with Gasteiger partial charge in [-0.1, -0.05) is 81.4 Å². The van der Waals surface area contributed by atoms with Crippen LogP contribution in [-0.2, 0) is 16.6 Å². The lowest BCUT2D eigenvalue weighted by Crippen LogP contribution is -2.47. The van der Waals surface area contributed by atoms with Crippen molar-refractivity contribution in [3.05, 3.63) is 113 Å². The number of ether oxygens (including phenoxy) is 1. The maximum atomic E-state index is 13.2. The summed E-state index contributed by atoms with van der Waals surface area (Å²) in [5.74, 6) is 0.370. The molecule has 3 N–H and O–H groups in total. The summed E-state index contributed by atoms with van der Waals surface area (Å²) in [4.78, 5) is 35.7. The third-order valence-corrected chi connectivity index (χ3v) is 9.58. The fraction of sp³-hybridized carbons (Fsp3) is 0.300. The monoisotopic (exact) mass is 676 g/mol. The average molecular weight is 677 g/mol. The minimum atomic E-state index is -0.941. The van der Waals surface area contributed by atoms with Crippen LogP contribution in [0.25, 0.3) is 33.6 Å². The minimum absolute atomic E-state index is 0.0459. The molecule has 0 aliphatic rings. The van der Waals surface area contributed by atoms with Gasteiger partial charge in [-0.05, 0) is 79.1 Å². The number of carbonyl (C=O) groups excluding carboxylic acids is 1. The van der Waals surface area contributed by atoms with E-state index in [4.69, 9.17) is 4.74 Å². The SMILES string of the molecule is CC(C)Oc1ccc(-c2ccc(-c3cnc(-c4ccc(C[C@@H](CN[C@H](C)C(=O)O)NC(=O)c5ccc(C(C)(C)C)s5)cc4)nc3)cc2)cc1. The average Bonchev–Trinajstić information content (AvgIpc) is 3.60. The predicted octanol–water partition coefficient (Wildman–Crippen LogP) is 8.03. The molecule has 1 amide bonds. The molecule has 0 spiro atoms. The van der Waals surface area contributed by atoms with Gasteiger partial charge < -0.3 is 20.5 Å². The van der Waals surface area contributed by atoms with E-state index in [0.29, 0.717) is 23.7 Å². The van der Waals surface area contributed by atoms with Gasteiger partial charge in [0.15, 0.2) is 5.82 Å². The molecule has 3 aromatic carbocycles. The van der Waals surface area contributed by atoms with Crippen molar-refractivity contribution >= 4 is 23.2 Å². The van der Waals surface area contributed by atoms with Crippen molar-refractivity contribution in [2.45, 2.75) is 71.6 Å². The maximum Gasteiger partial charge on any atom is 0.320 e. The second-order valence-corrected chi connectivity index (χ2v) is 14.6. The smallest absolute Gasteiger partial charge is 0.320 e. The number of benzene rings is 3. The zero-order valence-electron chi connectivity index (χ0n) is 28.9. The molecular formula is C40H44N4O4S. The molecule has 0 bridgehead atoms.